The van der Waals surface area contributed by atoms with Gasteiger partial charge in [0.2, 0.25) is 0 Å². The molecule has 0 aliphatic rings. The molecule has 2 aromatic carbocycles. The fourth-order valence-electron chi connectivity index (χ4n) is 3.18. The third-order valence-electron chi connectivity index (χ3n) is 4.72. The number of rotatable bonds is 5. The number of pyridine rings is 1. The van der Waals surface area contributed by atoms with Crippen LogP contribution in [0.4, 0.5) is 0 Å². The highest BCUT2D eigenvalue weighted by molar-refractivity contribution is 6.32. The number of halogens is 2. The zero-order valence-corrected chi connectivity index (χ0v) is 17.0. The molecule has 1 N–H and O–H groups in total. The molecular weight excluding hydrogens is 413 g/mol. The van der Waals surface area contributed by atoms with Crippen molar-refractivity contribution in [3.05, 3.63) is 96.6 Å². The van der Waals surface area contributed by atoms with Crippen LogP contribution in [0.3, 0.4) is 0 Å². The van der Waals surface area contributed by atoms with Crippen LogP contribution in [0, 0.1) is 0 Å². The van der Waals surface area contributed by atoms with Gasteiger partial charge in [-0.1, -0.05) is 47.5 Å². The highest BCUT2D eigenvalue weighted by Gasteiger charge is 2.17. The lowest BCUT2D eigenvalue weighted by Crippen LogP contribution is -2.22. The minimum atomic E-state index is -0.297. The summed E-state index contributed by atoms with van der Waals surface area (Å²) in [7, 11) is 1.62. The molecule has 29 heavy (non-hydrogen) atoms. The molecule has 0 fully saturated rings. The van der Waals surface area contributed by atoms with Crippen LogP contribution >= 0.6 is 23.2 Å². The van der Waals surface area contributed by atoms with E-state index in [2.05, 4.69) is 5.10 Å². The van der Waals surface area contributed by atoms with Crippen LogP contribution in [0.25, 0.3) is 16.6 Å². The molecule has 0 saturated heterocycles. The summed E-state index contributed by atoms with van der Waals surface area (Å²) in [4.78, 5) is 25.5. The Bertz CT molecular complexity index is 1300. The normalized spacial score (nSPS) is 11.3. The number of nitrogens with one attached hydrogen (secondary N) is 1. The standard InChI is InChI=1S/C21H17Cl2N3O3/c1-25-18(12-29-11-13-6-8-14(22)9-7-13)20-16(10-19(25)27)24-26(21(20)28)17-5-3-2-4-15(17)23/h2-10,24H,11-12H2,1H3. The van der Waals surface area contributed by atoms with Crippen molar-refractivity contribution in [1.82, 2.24) is 14.3 Å². The SMILES string of the molecule is Cn1c(COCc2ccc(Cl)cc2)c2c(=O)n(-c3ccccc3Cl)[nH]c2cc1=O. The second-order valence-electron chi connectivity index (χ2n) is 6.60. The van der Waals surface area contributed by atoms with E-state index in [-0.39, 0.29) is 17.7 Å². The average Bonchev–Trinajstić information content (AvgIpc) is 3.02. The Kier molecular flexibility index (Phi) is 5.32. The summed E-state index contributed by atoms with van der Waals surface area (Å²) < 4.78 is 8.56. The zero-order chi connectivity index (χ0) is 20.5. The van der Waals surface area contributed by atoms with Crippen LogP contribution in [-0.4, -0.2) is 14.3 Å². The summed E-state index contributed by atoms with van der Waals surface area (Å²) in [5.41, 5.74) is 1.84. The van der Waals surface area contributed by atoms with Gasteiger partial charge in [0.1, 0.15) is 0 Å². The lowest BCUT2D eigenvalue weighted by molar-refractivity contribution is 0.103. The molecule has 0 saturated carbocycles. The van der Waals surface area contributed by atoms with Gasteiger partial charge in [0.25, 0.3) is 11.1 Å². The fraction of sp³-hybridized carbons (Fsp3) is 0.143. The second-order valence-corrected chi connectivity index (χ2v) is 7.44. The molecule has 8 heteroatoms. The number of fused-ring (bicyclic) bond motifs is 1. The number of benzene rings is 2. The van der Waals surface area contributed by atoms with Crippen LogP contribution in [0.5, 0.6) is 0 Å². The van der Waals surface area contributed by atoms with Gasteiger partial charge in [-0.25, -0.2) is 4.68 Å². The van der Waals surface area contributed by atoms with Gasteiger partial charge < -0.3 is 9.30 Å². The van der Waals surface area contributed by atoms with E-state index in [1.54, 1.807) is 43.4 Å². The first kappa shape index (κ1) is 19.5. The van der Waals surface area contributed by atoms with E-state index in [0.29, 0.717) is 38.9 Å². The third kappa shape index (κ3) is 3.74. The van der Waals surface area contributed by atoms with E-state index in [4.69, 9.17) is 27.9 Å². The monoisotopic (exact) mass is 429 g/mol. The van der Waals surface area contributed by atoms with E-state index in [1.165, 1.54) is 15.3 Å². The maximum atomic E-state index is 13.1. The average molecular weight is 430 g/mol. The number of nitrogens with zero attached hydrogens (tertiary/aromatic N) is 2. The van der Waals surface area contributed by atoms with E-state index in [9.17, 15) is 9.59 Å². The van der Waals surface area contributed by atoms with Crippen LogP contribution in [0.1, 0.15) is 11.3 Å². The molecule has 4 rings (SSSR count). The molecule has 0 aliphatic carbocycles. The van der Waals surface area contributed by atoms with Crippen molar-refractivity contribution in [1.29, 1.82) is 0 Å². The van der Waals surface area contributed by atoms with Gasteiger partial charge in [0, 0.05) is 18.1 Å². The van der Waals surface area contributed by atoms with Gasteiger partial charge in [-0.05, 0) is 29.8 Å². The number of para-hydroxylation sites is 1. The molecule has 2 heterocycles. The Hall–Kier alpha value is -2.80. The number of hydrogen-bond acceptors (Lipinski definition) is 3. The van der Waals surface area contributed by atoms with Gasteiger partial charge in [-0.15, -0.1) is 0 Å². The Morgan fingerprint density at radius 1 is 1.00 bits per heavy atom. The van der Waals surface area contributed by atoms with Crippen LogP contribution in [0.2, 0.25) is 10.0 Å². The predicted octanol–water partition coefficient (Wildman–Crippen LogP) is 4.04. The van der Waals surface area contributed by atoms with Crippen molar-refractivity contribution >= 4 is 34.1 Å². The number of ether oxygens (including phenoxy) is 1. The summed E-state index contributed by atoms with van der Waals surface area (Å²) in [5, 5.41) is 4.44. The van der Waals surface area contributed by atoms with E-state index < -0.39 is 0 Å². The summed E-state index contributed by atoms with van der Waals surface area (Å²) in [6, 6.07) is 15.7. The van der Waals surface area contributed by atoms with Crippen molar-refractivity contribution in [2.45, 2.75) is 13.2 Å². The topological polar surface area (TPSA) is 69.0 Å². The molecule has 0 unspecified atom stereocenters. The largest absolute Gasteiger partial charge is 0.371 e. The molecule has 2 aromatic heterocycles. The predicted molar refractivity (Wildman–Crippen MR) is 114 cm³/mol. The molecule has 148 valence electrons. The molecular formula is C21H17Cl2N3O3. The highest BCUT2D eigenvalue weighted by Crippen LogP contribution is 2.20. The number of aromatic amines is 1. The first-order valence-corrected chi connectivity index (χ1v) is 9.62. The Balaban J connectivity index is 1.74. The van der Waals surface area contributed by atoms with E-state index in [0.717, 1.165) is 5.56 Å². The van der Waals surface area contributed by atoms with E-state index in [1.807, 2.05) is 12.1 Å². The second kappa shape index (κ2) is 7.91. The van der Waals surface area contributed by atoms with Crippen molar-refractivity contribution < 1.29 is 4.74 Å². The third-order valence-corrected chi connectivity index (χ3v) is 5.30. The molecule has 0 amide bonds. The first-order chi connectivity index (χ1) is 14.0. The van der Waals surface area contributed by atoms with Crippen molar-refractivity contribution in [2.75, 3.05) is 0 Å². The lowest BCUT2D eigenvalue weighted by Gasteiger charge is -2.10. The van der Waals surface area contributed by atoms with Crippen molar-refractivity contribution in [2.24, 2.45) is 7.05 Å². The smallest absolute Gasteiger partial charge is 0.281 e. The molecule has 0 bridgehead atoms. The fourth-order valence-corrected chi connectivity index (χ4v) is 3.52. The van der Waals surface area contributed by atoms with Gasteiger partial charge in [-0.2, -0.15) is 0 Å². The maximum Gasteiger partial charge on any atom is 0.281 e. The molecule has 4 aromatic rings. The van der Waals surface area contributed by atoms with Crippen molar-refractivity contribution in [3.63, 3.8) is 0 Å². The lowest BCUT2D eigenvalue weighted by atomic mass is 10.2. The van der Waals surface area contributed by atoms with Crippen LogP contribution < -0.4 is 11.1 Å². The Morgan fingerprint density at radius 3 is 2.45 bits per heavy atom. The van der Waals surface area contributed by atoms with Gasteiger partial charge in [0.15, 0.2) is 0 Å². The van der Waals surface area contributed by atoms with Gasteiger partial charge in [0.05, 0.1) is 40.5 Å². The molecule has 0 radical (unpaired) electrons. The molecule has 6 nitrogen and oxygen atoms in total. The maximum absolute atomic E-state index is 13.1. The molecule has 0 spiro atoms. The first-order valence-electron chi connectivity index (χ1n) is 8.86. The highest BCUT2D eigenvalue weighted by atomic mass is 35.5. The summed E-state index contributed by atoms with van der Waals surface area (Å²) >= 11 is 12.1. The van der Waals surface area contributed by atoms with Gasteiger partial charge in [-0.3, -0.25) is 14.7 Å². The Morgan fingerprint density at radius 2 is 1.72 bits per heavy atom. The van der Waals surface area contributed by atoms with Crippen LogP contribution in [-0.2, 0) is 25.0 Å². The minimum Gasteiger partial charge on any atom is -0.371 e. The number of aromatic nitrogens is 3. The minimum absolute atomic E-state index is 0.0985. The summed E-state index contributed by atoms with van der Waals surface area (Å²) in [6.07, 6.45) is 0. The zero-order valence-electron chi connectivity index (χ0n) is 15.5. The van der Waals surface area contributed by atoms with Gasteiger partial charge >= 0.3 is 0 Å². The Labute approximate surface area is 175 Å². The quantitative estimate of drug-likeness (QED) is 0.520. The van der Waals surface area contributed by atoms with E-state index >= 15 is 0 Å². The summed E-state index contributed by atoms with van der Waals surface area (Å²) in [6.45, 7) is 0.423. The number of H-pyrrole nitrogens is 1. The van der Waals surface area contributed by atoms with Crippen LogP contribution in [0.15, 0.2) is 64.2 Å². The number of hydrogen-bond donors (Lipinski definition) is 1. The van der Waals surface area contributed by atoms with Crippen molar-refractivity contribution in [3.8, 4) is 5.69 Å². The molecule has 0 aliphatic heterocycles. The summed E-state index contributed by atoms with van der Waals surface area (Å²) in [5.74, 6) is 0. The molecule has 0 atom stereocenters.